The van der Waals surface area contributed by atoms with E-state index in [0.29, 0.717) is 29.3 Å². The first-order valence-electron chi connectivity index (χ1n) is 10.6. The second kappa shape index (κ2) is 9.03. The number of allylic oxidation sites excluding steroid dienone is 2. The molecule has 2 aromatic carbocycles. The predicted molar refractivity (Wildman–Crippen MR) is 126 cm³/mol. The van der Waals surface area contributed by atoms with Crippen LogP contribution < -0.4 is 0 Å². The molecular weight excluding hydrogens is 454 g/mol. The topological polar surface area (TPSA) is 94.8 Å². The minimum atomic E-state index is -0.644. The van der Waals surface area contributed by atoms with Crippen LogP contribution in [0.25, 0.3) is 15.7 Å². The molecule has 1 unspecified atom stereocenters. The van der Waals surface area contributed by atoms with Crippen LogP contribution in [0.4, 0.5) is 0 Å². The third kappa shape index (κ3) is 3.50. The summed E-state index contributed by atoms with van der Waals surface area (Å²) in [5.41, 5.74) is 3.67. The van der Waals surface area contributed by atoms with Crippen LogP contribution in [-0.2, 0) is 21.5 Å². The first-order valence-corrected chi connectivity index (χ1v) is 11.0. The fourth-order valence-electron chi connectivity index (χ4n) is 4.96. The number of nitrogens with zero attached hydrogens (tertiary/aromatic N) is 2. The Morgan fingerprint density at radius 1 is 1.29 bits per heavy atom. The maximum absolute atomic E-state index is 13.2. The van der Waals surface area contributed by atoms with Crippen LogP contribution in [0.1, 0.15) is 35.0 Å². The normalized spacial score (nSPS) is 18.3. The van der Waals surface area contributed by atoms with E-state index in [1.165, 1.54) is 29.1 Å². The zero-order chi connectivity index (χ0) is 24.5. The summed E-state index contributed by atoms with van der Waals surface area (Å²) in [6.07, 6.45) is 5.24. The fraction of sp³-hybridized carbons (Fsp3) is 0.192. The van der Waals surface area contributed by atoms with Crippen molar-refractivity contribution < 1.29 is 19.5 Å². The Hall–Kier alpha value is -4.11. The highest BCUT2D eigenvalue weighted by atomic mass is 35.5. The third-order valence-electron chi connectivity index (χ3n) is 6.43. The number of halogens is 1. The minimum Gasteiger partial charge on any atom is -0.507 e. The third-order valence-corrected chi connectivity index (χ3v) is 6.66. The summed E-state index contributed by atoms with van der Waals surface area (Å²) in [6, 6.07) is 12.6. The lowest BCUT2D eigenvalue weighted by molar-refractivity contribution is -0.191. The van der Waals surface area contributed by atoms with E-state index in [2.05, 4.69) is 33.8 Å². The molecule has 0 amide bonds. The van der Waals surface area contributed by atoms with Crippen molar-refractivity contribution in [3.63, 3.8) is 0 Å². The van der Waals surface area contributed by atoms with Gasteiger partial charge in [0, 0.05) is 39.9 Å². The Kier molecular flexibility index (Phi) is 6.12. The van der Waals surface area contributed by atoms with Crippen molar-refractivity contribution in [3.05, 3.63) is 99.3 Å². The number of H-pyrrole nitrogens is 1. The van der Waals surface area contributed by atoms with E-state index >= 15 is 0 Å². The van der Waals surface area contributed by atoms with Crippen LogP contribution in [0.2, 0.25) is 5.02 Å². The highest BCUT2D eigenvalue weighted by Crippen LogP contribution is 2.49. The molecule has 0 radical (unpaired) electrons. The molecule has 0 saturated heterocycles. The highest BCUT2D eigenvalue weighted by Gasteiger charge is 2.48. The number of hydrogen-bond acceptors (Lipinski definition) is 5. The van der Waals surface area contributed by atoms with E-state index in [9.17, 15) is 9.90 Å². The van der Waals surface area contributed by atoms with Crippen LogP contribution >= 0.6 is 11.6 Å². The van der Waals surface area contributed by atoms with Crippen LogP contribution in [-0.4, -0.2) is 33.5 Å². The van der Waals surface area contributed by atoms with Crippen molar-refractivity contribution in [3.8, 4) is 5.75 Å². The van der Waals surface area contributed by atoms with Crippen LogP contribution in [0.15, 0.2) is 66.0 Å². The predicted octanol–water partition coefficient (Wildman–Crippen LogP) is 4.99. The van der Waals surface area contributed by atoms with E-state index < -0.39 is 5.54 Å². The first kappa shape index (κ1) is 23.1. The molecule has 5 rings (SSSR count). The molecule has 2 aliphatic rings. The SMILES string of the molecule is O=C=O.[C-]#[N+]C1=CC(C(=O)c2cc(Cl)ccc2O)=CN2CCc3c([nH]c4ccccc34)C12CC. The molecular formula is C26H20ClN3O4. The van der Waals surface area contributed by atoms with E-state index in [4.69, 9.17) is 27.8 Å². The van der Waals surface area contributed by atoms with Gasteiger partial charge in [0.05, 0.1) is 12.1 Å². The van der Waals surface area contributed by atoms with Crippen LogP contribution in [0, 0.1) is 6.57 Å². The van der Waals surface area contributed by atoms with Gasteiger partial charge in [-0.1, -0.05) is 36.7 Å². The van der Waals surface area contributed by atoms with Gasteiger partial charge in [0.25, 0.3) is 0 Å². The molecule has 170 valence electrons. The Morgan fingerprint density at radius 2 is 2.03 bits per heavy atom. The highest BCUT2D eigenvalue weighted by molar-refractivity contribution is 6.31. The van der Waals surface area contributed by atoms with Gasteiger partial charge in [0.15, 0.2) is 11.5 Å². The van der Waals surface area contributed by atoms with Crippen LogP contribution in [0.5, 0.6) is 5.75 Å². The number of phenols is 1. The number of rotatable bonds is 3. The van der Waals surface area contributed by atoms with Gasteiger partial charge >= 0.3 is 6.15 Å². The fourth-order valence-corrected chi connectivity index (χ4v) is 5.13. The molecule has 2 aliphatic heterocycles. The smallest absolute Gasteiger partial charge is 0.373 e. The Bertz CT molecular complexity index is 1440. The summed E-state index contributed by atoms with van der Waals surface area (Å²) >= 11 is 6.04. The summed E-state index contributed by atoms with van der Waals surface area (Å²) in [6.45, 7) is 10.7. The number of aromatic amines is 1. The number of aromatic nitrogens is 1. The number of fused-ring (bicyclic) bond motifs is 5. The Balaban J connectivity index is 0.000000868. The van der Waals surface area contributed by atoms with Crippen molar-refractivity contribution in [2.45, 2.75) is 25.3 Å². The van der Waals surface area contributed by atoms with Gasteiger partial charge < -0.3 is 15.0 Å². The molecule has 2 N–H and O–H groups in total. The van der Waals surface area contributed by atoms with Gasteiger partial charge in [-0.05, 0) is 48.7 Å². The number of aromatic hydroxyl groups is 1. The molecule has 3 heterocycles. The quantitative estimate of drug-likeness (QED) is 0.412. The molecule has 7 nitrogen and oxygen atoms in total. The summed E-state index contributed by atoms with van der Waals surface area (Å²) in [7, 11) is 0. The number of phenolic OH excluding ortho intramolecular Hbond substituents is 1. The number of benzene rings is 2. The first-order chi connectivity index (χ1) is 16.4. The molecule has 3 aromatic rings. The number of ketones is 1. The van der Waals surface area contributed by atoms with Gasteiger partial charge in [-0.2, -0.15) is 9.59 Å². The Labute approximate surface area is 200 Å². The molecule has 0 aliphatic carbocycles. The second-order valence-corrected chi connectivity index (χ2v) is 8.42. The lowest BCUT2D eigenvalue weighted by atomic mass is 9.77. The number of carbonyl (C=O) groups is 1. The maximum atomic E-state index is 13.2. The number of para-hydroxylation sites is 1. The molecule has 0 bridgehead atoms. The van der Waals surface area contributed by atoms with Gasteiger partial charge in [0.1, 0.15) is 11.3 Å². The van der Waals surface area contributed by atoms with E-state index in [1.54, 1.807) is 6.08 Å². The summed E-state index contributed by atoms with van der Waals surface area (Å²) in [4.78, 5) is 39.0. The molecule has 34 heavy (non-hydrogen) atoms. The average Bonchev–Trinajstić information content (AvgIpc) is 3.24. The van der Waals surface area contributed by atoms with E-state index in [0.717, 1.165) is 17.6 Å². The standard InChI is InChI=1S/C25H20ClN3O2.CO2/c1-3-25-22(27-2)12-15(23(31)19-13-16(26)8-9-21(19)30)14-29(25)11-10-18-17-6-4-5-7-20(17)28-24(18)25;2-1-3/h4-9,12-14,28,30H,3,10-11H2,1H3;. The molecule has 1 atom stereocenters. The number of Topliss-reactive ketones (excluding diaryl/α,β-unsaturated/α-hetero) is 1. The number of hydrogen-bond donors (Lipinski definition) is 2. The second-order valence-electron chi connectivity index (χ2n) is 7.98. The van der Waals surface area contributed by atoms with Crippen molar-refractivity contribution in [2.75, 3.05) is 6.54 Å². The monoisotopic (exact) mass is 473 g/mol. The van der Waals surface area contributed by atoms with Crippen molar-refractivity contribution in [1.82, 2.24) is 9.88 Å². The summed E-state index contributed by atoms with van der Waals surface area (Å²) < 4.78 is 0. The average molecular weight is 474 g/mol. The summed E-state index contributed by atoms with van der Waals surface area (Å²) in [5.74, 6) is -0.481. The van der Waals surface area contributed by atoms with Gasteiger partial charge in [-0.15, -0.1) is 0 Å². The van der Waals surface area contributed by atoms with E-state index in [1.807, 2.05) is 18.3 Å². The largest absolute Gasteiger partial charge is 0.507 e. The lowest BCUT2D eigenvalue weighted by Crippen LogP contribution is -2.50. The van der Waals surface area contributed by atoms with Crippen LogP contribution in [0.3, 0.4) is 0 Å². The molecule has 0 saturated carbocycles. The van der Waals surface area contributed by atoms with Crippen molar-refractivity contribution in [2.24, 2.45) is 0 Å². The van der Waals surface area contributed by atoms with Crippen molar-refractivity contribution >= 4 is 34.4 Å². The zero-order valence-electron chi connectivity index (χ0n) is 18.3. The van der Waals surface area contributed by atoms with Gasteiger partial charge in [-0.25, -0.2) is 4.85 Å². The number of carbonyl (C=O) groups excluding carboxylic acids is 3. The lowest BCUT2D eigenvalue weighted by Gasteiger charge is -2.48. The number of nitrogens with one attached hydrogen (secondary N) is 1. The zero-order valence-corrected chi connectivity index (χ0v) is 19.0. The van der Waals surface area contributed by atoms with Crippen molar-refractivity contribution in [1.29, 1.82) is 0 Å². The van der Waals surface area contributed by atoms with Gasteiger partial charge in [0.2, 0.25) is 0 Å². The summed E-state index contributed by atoms with van der Waals surface area (Å²) in [5, 5.41) is 11.7. The molecule has 0 fully saturated rings. The molecule has 8 heteroatoms. The maximum Gasteiger partial charge on any atom is 0.373 e. The minimum absolute atomic E-state index is 0.128. The Morgan fingerprint density at radius 3 is 2.74 bits per heavy atom. The molecule has 1 aromatic heterocycles. The van der Waals surface area contributed by atoms with E-state index in [-0.39, 0.29) is 23.2 Å². The van der Waals surface area contributed by atoms with Gasteiger partial charge in [-0.3, -0.25) is 4.79 Å². The molecule has 0 spiro atoms.